The zero-order valence-corrected chi connectivity index (χ0v) is 6.91. The summed E-state index contributed by atoms with van der Waals surface area (Å²) in [6.07, 6.45) is 0.829. The summed E-state index contributed by atoms with van der Waals surface area (Å²) in [4.78, 5) is 22.9. The fourth-order valence-electron chi connectivity index (χ4n) is 1.30. The first-order valence-electron chi connectivity index (χ1n) is 3.82. The predicted octanol–water partition coefficient (Wildman–Crippen LogP) is -1.11. The first kappa shape index (κ1) is 8.99. The molecule has 0 aliphatic carbocycles. The monoisotopic (exact) mass is 172 g/mol. The van der Waals surface area contributed by atoms with Crippen LogP contribution in [0.15, 0.2) is 0 Å². The van der Waals surface area contributed by atoms with E-state index in [2.05, 4.69) is 5.32 Å². The topological polar surface area (TPSA) is 69.6 Å². The molecule has 12 heavy (non-hydrogen) atoms. The third kappa shape index (κ3) is 2.20. The molecule has 1 atom stereocenters. The van der Waals surface area contributed by atoms with Crippen molar-refractivity contribution in [1.82, 2.24) is 10.2 Å². The molecular formula is C7H12N2O3. The molecule has 0 aromatic heterocycles. The molecule has 1 saturated heterocycles. The molecule has 1 aliphatic heterocycles. The minimum absolute atomic E-state index is 0.00130. The van der Waals surface area contributed by atoms with Gasteiger partial charge in [-0.1, -0.05) is 0 Å². The molecule has 68 valence electrons. The van der Waals surface area contributed by atoms with Crippen molar-refractivity contribution >= 4 is 11.9 Å². The van der Waals surface area contributed by atoms with Crippen molar-refractivity contribution < 1.29 is 14.7 Å². The van der Waals surface area contributed by atoms with Gasteiger partial charge in [0.15, 0.2) is 0 Å². The number of rotatable bonds is 1. The van der Waals surface area contributed by atoms with Crippen LogP contribution in [0.25, 0.3) is 0 Å². The summed E-state index contributed by atoms with van der Waals surface area (Å²) in [6.45, 7) is 1.64. The molecule has 0 radical (unpaired) electrons. The first-order chi connectivity index (χ1) is 5.59. The minimum atomic E-state index is -1.41. The van der Waals surface area contributed by atoms with E-state index in [1.165, 1.54) is 0 Å². The summed E-state index contributed by atoms with van der Waals surface area (Å²) < 4.78 is 0. The van der Waals surface area contributed by atoms with Crippen molar-refractivity contribution in [3.8, 4) is 0 Å². The van der Waals surface area contributed by atoms with Gasteiger partial charge in [0.05, 0.1) is 0 Å². The van der Waals surface area contributed by atoms with Gasteiger partial charge in [-0.05, 0) is 20.0 Å². The molecule has 1 unspecified atom stereocenters. The number of carboxylic acid groups (broad SMARTS) is 1. The van der Waals surface area contributed by atoms with Crippen LogP contribution in [-0.2, 0) is 9.59 Å². The highest BCUT2D eigenvalue weighted by molar-refractivity contribution is 6.31. The molecule has 5 nitrogen and oxygen atoms in total. The van der Waals surface area contributed by atoms with Gasteiger partial charge in [-0.25, -0.2) is 4.79 Å². The Bertz CT molecular complexity index is 205. The number of nitrogens with one attached hydrogen (secondary N) is 1. The highest BCUT2D eigenvalue weighted by atomic mass is 16.4. The molecule has 2 N–H and O–H groups in total. The van der Waals surface area contributed by atoms with Crippen molar-refractivity contribution in [3.05, 3.63) is 0 Å². The standard InChI is InChI=1S/C7H12N2O3/c1-9-3-2-5(4-9)8-6(10)7(11)12/h5H,2-4H2,1H3,(H,8,10)(H,11,12). The molecule has 1 amide bonds. The third-order valence-electron chi connectivity index (χ3n) is 1.92. The van der Waals surface area contributed by atoms with Crippen molar-refractivity contribution in [2.24, 2.45) is 0 Å². The molecule has 0 aromatic rings. The predicted molar refractivity (Wildman–Crippen MR) is 41.7 cm³/mol. The van der Waals surface area contributed by atoms with Crippen LogP contribution in [0, 0.1) is 0 Å². The number of hydrogen-bond donors (Lipinski definition) is 2. The Morgan fingerprint density at radius 3 is 2.67 bits per heavy atom. The maximum absolute atomic E-state index is 10.7. The lowest BCUT2D eigenvalue weighted by Crippen LogP contribution is -2.40. The van der Waals surface area contributed by atoms with Gasteiger partial charge in [-0.15, -0.1) is 0 Å². The van der Waals surface area contributed by atoms with Crippen LogP contribution in [0.4, 0.5) is 0 Å². The Kier molecular flexibility index (Phi) is 2.65. The normalized spacial score (nSPS) is 23.9. The largest absolute Gasteiger partial charge is 0.474 e. The van der Waals surface area contributed by atoms with E-state index in [9.17, 15) is 9.59 Å². The zero-order valence-electron chi connectivity index (χ0n) is 6.91. The van der Waals surface area contributed by atoms with Crippen molar-refractivity contribution in [1.29, 1.82) is 0 Å². The number of carbonyl (C=O) groups is 2. The number of carbonyl (C=O) groups excluding carboxylic acids is 1. The second-order valence-corrected chi connectivity index (χ2v) is 3.03. The molecule has 0 spiro atoms. The molecule has 0 aromatic carbocycles. The van der Waals surface area contributed by atoms with Crippen LogP contribution >= 0.6 is 0 Å². The number of likely N-dealkylation sites (N-methyl/N-ethyl adjacent to an activating group) is 1. The van der Waals surface area contributed by atoms with Crippen LogP contribution in [0.3, 0.4) is 0 Å². The molecule has 1 rings (SSSR count). The number of hydrogen-bond acceptors (Lipinski definition) is 3. The van der Waals surface area contributed by atoms with Gasteiger partial charge in [0.2, 0.25) is 0 Å². The van der Waals surface area contributed by atoms with Crippen LogP contribution < -0.4 is 5.32 Å². The summed E-state index contributed by atoms with van der Waals surface area (Å²) in [5, 5.41) is 10.7. The van der Waals surface area contributed by atoms with Crippen LogP contribution in [0.5, 0.6) is 0 Å². The second-order valence-electron chi connectivity index (χ2n) is 3.03. The van der Waals surface area contributed by atoms with E-state index in [4.69, 9.17) is 5.11 Å². The van der Waals surface area contributed by atoms with Crippen molar-refractivity contribution in [2.45, 2.75) is 12.5 Å². The van der Waals surface area contributed by atoms with E-state index < -0.39 is 11.9 Å². The van der Waals surface area contributed by atoms with Crippen molar-refractivity contribution in [2.75, 3.05) is 20.1 Å². The molecular weight excluding hydrogens is 160 g/mol. The van der Waals surface area contributed by atoms with E-state index in [1.54, 1.807) is 0 Å². The summed E-state index contributed by atoms with van der Waals surface area (Å²) in [5.74, 6) is -2.32. The first-order valence-corrected chi connectivity index (χ1v) is 3.82. The Morgan fingerprint density at radius 2 is 2.25 bits per heavy atom. The van der Waals surface area contributed by atoms with E-state index in [-0.39, 0.29) is 6.04 Å². The van der Waals surface area contributed by atoms with E-state index >= 15 is 0 Å². The Labute approximate surface area is 70.4 Å². The quantitative estimate of drug-likeness (QED) is 0.492. The summed E-state index contributed by atoms with van der Waals surface area (Å²) in [6, 6.07) is -0.00130. The van der Waals surface area contributed by atoms with Gasteiger partial charge in [-0.2, -0.15) is 0 Å². The summed E-state index contributed by atoms with van der Waals surface area (Å²) >= 11 is 0. The average Bonchev–Trinajstić information content (AvgIpc) is 2.35. The summed E-state index contributed by atoms with van der Waals surface area (Å²) in [5.41, 5.74) is 0. The highest BCUT2D eigenvalue weighted by Crippen LogP contribution is 2.05. The molecule has 1 fully saturated rings. The van der Waals surface area contributed by atoms with Gasteiger partial charge in [-0.3, -0.25) is 4.79 Å². The number of carboxylic acids is 1. The van der Waals surface area contributed by atoms with E-state index in [0.717, 1.165) is 19.5 Å². The number of aliphatic carboxylic acids is 1. The van der Waals surface area contributed by atoms with Gasteiger partial charge < -0.3 is 15.3 Å². The minimum Gasteiger partial charge on any atom is -0.474 e. The second kappa shape index (κ2) is 3.53. The number of likely N-dealkylation sites (tertiary alicyclic amines) is 1. The van der Waals surface area contributed by atoms with Crippen LogP contribution in [-0.4, -0.2) is 48.1 Å². The molecule has 0 bridgehead atoms. The maximum Gasteiger partial charge on any atom is 0.394 e. The van der Waals surface area contributed by atoms with E-state index in [1.807, 2.05) is 11.9 Å². The highest BCUT2D eigenvalue weighted by Gasteiger charge is 2.23. The van der Waals surface area contributed by atoms with E-state index in [0.29, 0.717) is 0 Å². The maximum atomic E-state index is 10.7. The molecule has 0 saturated carbocycles. The van der Waals surface area contributed by atoms with Crippen LogP contribution in [0.1, 0.15) is 6.42 Å². The Balaban J connectivity index is 2.32. The Hall–Kier alpha value is -1.10. The number of amides is 1. The lowest BCUT2D eigenvalue weighted by molar-refractivity contribution is -0.150. The molecule has 5 heteroatoms. The van der Waals surface area contributed by atoms with Gasteiger partial charge in [0.1, 0.15) is 0 Å². The molecule has 1 aliphatic rings. The number of nitrogens with zero attached hydrogens (tertiary/aromatic N) is 1. The van der Waals surface area contributed by atoms with Gasteiger partial charge >= 0.3 is 11.9 Å². The van der Waals surface area contributed by atoms with Crippen molar-refractivity contribution in [3.63, 3.8) is 0 Å². The smallest absolute Gasteiger partial charge is 0.394 e. The zero-order chi connectivity index (χ0) is 9.14. The van der Waals surface area contributed by atoms with Crippen LogP contribution in [0.2, 0.25) is 0 Å². The lowest BCUT2D eigenvalue weighted by atomic mass is 10.2. The fraction of sp³-hybridized carbons (Fsp3) is 0.714. The summed E-state index contributed by atoms with van der Waals surface area (Å²) in [7, 11) is 1.94. The SMILES string of the molecule is CN1CCC(NC(=O)C(=O)O)C1. The fourth-order valence-corrected chi connectivity index (χ4v) is 1.30. The van der Waals surface area contributed by atoms with Gasteiger partial charge in [0, 0.05) is 12.6 Å². The third-order valence-corrected chi connectivity index (χ3v) is 1.92. The average molecular weight is 172 g/mol. The van der Waals surface area contributed by atoms with Gasteiger partial charge in [0.25, 0.3) is 0 Å². The molecule has 1 heterocycles. The lowest BCUT2D eigenvalue weighted by Gasteiger charge is -2.10. The Morgan fingerprint density at radius 1 is 1.58 bits per heavy atom.